The molecule has 0 aromatic heterocycles. The van der Waals surface area contributed by atoms with Gasteiger partial charge in [0.1, 0.15) is 18.1 Å². The van der Waals surface area contributed by atoms with Gasteiger partial charge in [-0.1, -0.05) is 71.2 Å². The third kappa shape index (κ3) is 6.35. The molecule has 0 fully saturated rings. The lowest BCUT2D eigenvalue weighted by Gasteiger charge is -2.14. The number of ketones is 1. The Labute approximate surface area is 178 Å². The second-order valence-electron chi connectivity index (χ2n) is 7.02. The Morgan fingerprint density at radius 2 is 1.81 bits per heavy atom. The molecule has 0 radical (unpaired) electrons. The predicted octanol–water partition coefficient (Wildman–Crippen LogP) is 6.77. The number of carbonyl (C=O) groups is 1. The van der Waals surface area contributed by atoms with Crippen LogP contribution in [0.5, 0.6) is 11.5 Å². The molecular formula is C22H26Br2O3. The lowest BCUT2D eigenvalue weighted by molar-refractivity contribution is -0.121. The van der Waals surface area contributed by atoms with Gasteiger partial charge in [-0.05, 0) is 53.6 Å². The Bertz CT molecular complexity index is 777. The van der Waals surface area contributed by atoms with Gasteiger partial charge in [0.15, 0.2) is 5.78 Å². The highest BCUT2D eigenvalue weighted by Gasteiger charge is 2.13. The van der Waals surface area contributed by atoms with Crippen LogP contribution in [0.2, 0.25) is 0 Å². The van der Waals surface area contributed by atoms with Crippen molar-refractivity contribution in [3.8, 4) is 11.5 Å². The monoisotopic (exact) mass is 496 g/mol. The molecule has 5 heteroatoms. The maximum absolute atomic E-state index is 11.8. The summed E-state index contributed by atoms with van der Waals surface area (Å²) >= 11 is 7.24. The number of hydrogen-bond donors (Lipinski definition) is 1. The summed E-state index contributed by atoms with van der Waals surface area (Å²) in [5.41, 5.74) is 3.17. The van der Waals surface area contributed by atoms with E-state index < -0.39 is 0 Å². The largest absolute Gasteiger partial charge is 0.508 e. The minimum Gasteiger partial charge on any atom is -0.508 e. The number of carbonyl (C=O) groups excluding carboxylic acids is 1. The van der Waals surface area contributed by atoms with Crippen molar-refractivity contribution in [2.24, 2.45) is 0 Å². The highest BCUT2D eigenvalue weighted by atomic mass is 79.9. The summed E-state index contributed by atoms with van der Waals surface area (Å²) in [7, 11) is 0. The molecule has 0 atom stereocenters. The molecule has 2 aromatic rings. The summed E-state index contributed by atoms with van der Waals surface area (Å²) in [4.78, 5) is 11.8. The second kappa shape index (κ2) is 10.3. The fourth-order valence-electron chi connectivity index (χ4n) is 2.82. The van der Waals surface area contributed by atoms with Crippen LogP contribution in [0.1, 0.15) is 62.6 Å². The standard InChI is InChI=1S/C22H26Br2O3/c1-4-5-6-16(25)13-27-17-11-20(23)19(21(24)12-17)10-15-7-8-22(26)18(9-15)14(2)3/h7-9,11-12,14,26H,4-6,10,13H2,1-3H3. The van der Waals surface area contributed by atoms with E-state index in [2.05, 4.69) is 58.7 Å². The zero-order valence-corrected chi connectivity index (χ0v) is 19.2. The number of phenols is 1. The number of phenolic OH excluding ortho intramolecular Hbond substituents is 1. The Balaban J connectivity index is 2.13. The number of ether oxygens (including phenoxy) is 1. The number of Topliss-reactive ketones (excluding diaryl/α,β-unsaturated/α-hetero) is 1. The van der Waals surface area contributed by atoms with Crippen molar-refractivity contribution in [2.45, 2.75) is 52.4 Å². The Kier molecular flexibility index (Phi) is 8.36. The van der Waals surface area contributed by atoms with E-state index in [0.717, 1.165) is 44.9 Å². The molecule has 0 heterocycles. The van der Waals surface area contributed by atoms with Gasteiger partial charge in [0.2, 0.25) is 0 Å². The molecule has 2 aromatic carbocycles. The molecule has 0 amide bonds. The van der Waals surface area contributed by atoms with E-state index in [1.165, 1.54) is 0 Å². The number of unbranched alkanes of at least 4 members (excludes halogenated alkanes) is 1. The maximum atomic E-state index is 11.8. The quantitative estimate of drug-likeness (QED) is 0.415. The van der Waals surface area contributed by atoms with Gasteiger partial charge in [-0.25, -0.2) is 0 Å². The number of halogens is 2. The Hall–Kier alpha value is -1.33. The summed E-state index contributed by atoms with van der Waals surface area (Å²) in [5, 5.41) is 10.0. The molecule has 0 unspecified atom stereocenters. The first-order chi connectivity index (χ1) is 12.8. The van der Waals surface area contributed by atoms with E-state index in [9.17, 15) is 9.90 Å². The van der Waals surface area contributed by atoms with Crippen LogP contribution in [0.3, 0.4) is 0 Å². The molecule has 146 valence electrons. The van der Waals surface area contributed by atoms with Gasteiger partial charge in [0.05, 0.1) is 0 Å². The summed E-state index contributed by atoms with van der Waals surface area (Å²) in [5.74, 6) is 1.38. The second-order valence-corrected chi connectivity index (χ2v) is 8.73. The molecule has 3 nitrogen and oxygen atoms in total. The minimum atomic E-state index is 0.105. The first-order valence-electron chi connectivity index (χ1n) is 9.26. The van der Waals surface area contributed by atoms with Gasteiger partial charge in [-0.2, -0.15) is 0 Å². The van der Waals surface area contributed by atoms with Crippen LogP contribution in [-0.4, -0.2) is 17.5 Å². The zero-order valence-electron chi connectivity index (χ0n) is 16.0. The normalized spacial score (nSPS) is 11.0. The van der Waals surface area contributed by atoms with Crippen molar-refractivity contribution in [1.29, 1.82) is 0 Å². The minimum absolute atomic E-state index is 0.105. The topological polar surface area (TPSA) is 46.5 Å². The van der Waals surface area contributed by atoms with Crippen LogP contribution in [-0.2, 0) is 11.2 Å². The third-order valence-corrected chi connectivity index (χ3v) is 5.83. The summed E-state index contributed by atoms with van der Waals surface area (Å²) in [6.07, 6.45) is 3.19. The van der Waals surface area contributed by atoms with Gasteiger partial charge in [-0.3, -0.25) is 4.79 Å². The van der Waals surface area contributed by atoms with Gasteiger partial charge in [-0.15, -0.1) is 0 Å². The van der Waals surface area contributed by atoms with E-state index in [0.29, 0.717) is 17.9 Å². The highest BCUT2D eigenvalue weighted by molar-refractivity contribution is 9.11. The van der Waals surface area contributed by atoms with Gasteiger partial charge < -0.3 is 9.84 Å². The van der Waals surface area contributed by atoms with E-state index in [1.54, 1.807) is 6.07 Å². The van der Waals surface area contributed by atoms with Crippen LogP contribution in [0, 0.1) is 0 Å². The van der Waals surface area contributed by atoms with Crippen LogP contribution < -0.4 is 4.74 Å². The number of hydrogen-bond acceptors (Lipinski definition) is 3. The Morgan fingerprint density at radius 1 is 1.15 bits per heavy atom. The average molecular weight is 498 g/mol. The molecule has 27 heavy (non-hydrogen) atoms. The van der Waals surface area contributed by atoms with Crippen LogP contribution in [0.15, 0.2) is 39.3 Å². The first kappa shape index (κ1) is 22.0. The molecule has 0 aliphatic rings. The van der Waals surface area contributed by atoms with Crippen molar-refractivity contribution in [3.05, 3.63) is 56.0 Å². The van der Waals surface area contributed by atoms with Crippen LogP contribution in [0.25, 0.3) is 0 Å². The van der Waals surface area contributed by atoms with Crippen molar-refractivity contribution in [1.82, 2.24) is 0 Å². The molecule has 0 aliphatic carbocycles. The summed E-state index contributed by atoms with van der Waals surface area (Å²) in [6.45, 7) is 6.31. The molecule has 0 bridgehead atoms. The zero-order chi connectivity index (χ0) is 20.0. The molecule has 0 saturated carbocycles. The number of benzene rings is 2. The fourth-order valence-corrected chi connectivity index (χ4v) is 4.25. The lowest BCUT2D eigenvalue weighted by atomic mass is 9.96. The predicted molar refractivity (Wildman–Crippen MR) is 117 cm³/mol. The average Bonchev–Trinajstić information content (AvgIpc) is 2.62. The molecule has 2 rings (SSSR count). The third-order valence-electron chi connectivity index (χ3n) is 4.42. The SMILES string of the molecule is CCCCC(=O)COc1cc(Br)c(Cc2ccc(O)c(C(C)C)c2)c(Br)c1. The maximum Gasteiger partial charge on any atom is 0.170 e. The Morgan fingerprint density at radius 3 is 2.41 bits per heavy atom. The first-order valence-corrected chi connectivity index (χ1v) is 10.8. The molecule has 0 saturated heterocycles. The van der Waals surface area contributed by atoms with E-state index in [4.69, 9.17) is 4.74 Å². The van der Waals surface area contributed by atoms with Crippen molar-refractivity contribution >= 4 is 37.6 Å². The van der Waals surface area contributed by atoms with Crippen molar-refractivity contribution in [2.75, 3.05) is 6.61 Å². The fraction of sp³-hybridized carbons (Fsp3) is 0.409. The lowest BCUT2D eigenvalue weighted by Crippen LogP contribution is -2.11. The van der Waals surface area contributed by atoms with Gasteiger partial charge in [0, 0.05) is 15.4 Å². The molecular weight excluding hydrogens is 472 g/mol. The number of aromatic hydroxyl groups is 1. The van der Waals surface area contributed by atoms with Crippen molar-refractivity contribution in [3.63, 3.8) is 0 Å². The van der Waals surface area contributed by atoms with Gasteiger partial charge in [0.25, 0.3) is 0 Å². The van der Waals surface area contributed by atoms with Crippen molar-refractivity contribution < 1.29 is 14.6 Å². The molecule has 0 aliphatic heterocycles. The van der Waals surface area contributed by atoms with E-state index >= 15 is 0 Å². The van der Waals surface area contributed by atoms with E-state index in [1.807, 2.05) is 18.2 Å². The van der Waals surface area contributed by atoms with Crippen LogP contribution in [0.4, 0.5) is 0 Å². The summed E-state index contributed by atoms with van der Waals surface area (Å²) in [6, 6.07) is 9.55. The molecule has 0 spiro atoms. The van der Waals surface area contributed by atoms with E-state index in [-0.39, 0.29) is 18.3 Å². The summed E-state index contributed by atoms with van der Waals surface area (Å²) < 4.78 is 7.50. The highest BCUT2D eigenvalue weighted by Crippen LogP contribution is 2.34. The smallest absolute Gasteiger partial charge is 0.170 e. The number of rotatable bonds is 9. The van der Waals surface area contributed by atoms with Crippen LogP contribution >= 0.6 is 31.9 Å². The molecule has 1 N–H and O–H groups in total. The van der Waals surface area contributed by atoms with Gasteiger partial charge >= 0.3 is 0 Å².